The summed E-state index contributed by atoms with van der Waals surface area (Å²) in [5.74, 6) is -0.862. The molecule has 6 heteroatoms. The van der Waals surface area contributed by atoms with E-state index >= 15 is 0 Å². The minimum atomic E-state index is -0.862. The van der Waals surface area contributed by atoms with Gasteiger partial charge in [0.05, 0.1) is 10.6 Å². The molecule has 2 aromatic carbocycles. The molecule has 1 N–H and O–H groups in total. The molecule has 0 aliphatic heterocycles. The number of halogens is 2. The molecule has 0 unspecified atom stereocenters. The van der Waals surface area contributed by atoms with Crippen LogP contribution in [0.5, 0.6) is 0 Å². The maximum atomic E-state index is 13.5. The second kappa shape index (κ2) is 5.36. The summed E-state index contributed by atoms with van der Waals surface area (Å²) in [6, 6.07) is 9.50. The molecule has 0 spiro atoms. The largest absolute Gasteiger partial charge is 0.349 e. The van der Waals surface area contributed by atoms with Crippen LogP contribution in [0.25, 0.3) is 0 Å². The third-order valence-electron chi connectivity index (χ3n) is 2.56. The molecule has 0 atom stereocenters. The first kappa shape index (κ1) is 13.5. The van der Waals surface area contributed by atoms with Gasteiger partial charge in [-0.1, -0.05) is 12.1 Å². The lowest BCUT2D eigenvalue weighted by Gasteiger charge is -2.10. The number of nitrogens with zero attached hydrogens (tertiary/aromatic N) is 1. The molecule has 2 rings (SSSR count). The van der Waals surface area contributed by atoms with Gasteiger partial charge < -0.3 is 5.32 Å². The van der Waals surface area contributed by atoms with Gasteiger partial charge in [0.25, 0.3) is 0 Å². The molecule has 0 aromatic heterocycles. The van der Waals surface area contributed by atoms with Gasteiger partial charge in [-0.3, -0.25) is 10.1 Å². The van der Waals surface area contributed by atoms with E-state index in [1.165, 1.54) is 12.1 Å². The molecule has 98 valence electrons. The fourth-order valence-corrected chi connectivity index (χ4v) is 2.03. The van der Waals surface area contributed by atoms with Crippen molar-refractivity contribution in [3.8, 4) is 0 Å². The van der Waals surface area contributed by atoms with Crippen LogP contribution in [0.2, 0.25) is 0 Å². The van der Waals surface area contributed by atoms with Crippen molar-refractivity contribution in [3.63, 3.8) is 0 Å². The van der Waals surface area contributed by atoms with E-state index in [-0.39, 0.29) is 5.69 Å². The van der Waals surface area contributed by atoms with E-state index in [4.69, 9.17) is 0 Å². The predicted octanol–water partition coefficient (Wildman–Crippen LogP) is 4.55. The van der Waals surface area contributed by atoms with Crippen LogP contribution in [0.1, 0.15) is 5.56 Å². The number of rotatable bonds is 3. The number of para-hydroxylation sites is 1. The Morgan fingerprint density at radius 3 is 2.68 bits per heavy atom. The van der Waals surface area contributed by atoms with E-state index in [2.05, 4.69) is 21.2 Å². The molecule has 0 heterocycles. The highest BCUT2D eigenvalue weighted by Crippen LogP contribution is 2.33. The minimum absolute atomic E-state index is 0.122. The predicted molar refractivity (Wildman–Crippen MR) is 75.2 cm³/mol. The van der Waals surface area contributed by atoms with Crippen LogP contribution < -0.4 is 5.32 Å². The number of benzene rings is 2. The summed E-state index contributed by atoms with van der Waals surface area (Å²) in [6.07, 6.45) is 0. The Morgan fingerprint density at radius 1 is 1.26 bits per heavy atom. The Bertz CT molecular complexity index is 647. The molecule has 0 saturated heterocycles. The highest BCUT2D eigenvalue weighted by Gasteiger charge is 2.20. The summed E-state index contributed by atoms with van der Waals surface area (Å²) in [5.41, 5.74) is 1.20. The molecule has 2 aromatic rings. The highest BCUT2D eigenvalue weighted by molar-refractivity contribution is 9.10. The van der Waals surface area contributed by atoms with Crippen molar-refractivity contribution in [2.24, 2.45) is 0 Å². The van der Waals surface area contributed by atoms with Crippen LogP contribution in [-0.2, 0) is 0 Å². The molecule has 0 bridgehead atoms. The van der Waals surface area contributed by atoms with Crippen molar-refractivity contribution in [1.29, 1.82) is 0 Å². The van der Waals surface area contributed by atoms with Gasteiger partial charge in [0.15, 0.2) is 0 Å². The summed E-state index contributed by atoms with van der Waals surface area (Å²) in [5, 5.41) is 13.8. The molecule has 4 nitrogen and oxygen atoms in total. The second-order valence-corrected chi connectivity index (χ2v) is 4.86. The quantitative estimate of drug-likeness (QED) is 0.665. The Labute approximate surface area is 117 Å². The topological polar surface area (TPSA) is 55.2 Å². The third-order valence-corrected chi connectivity index (χ3v) is 3.25. The van der Waals surface area contributed by atoms with Crippen LogP contribution in [0.4, 0.5) is 21.5 Å². The number of nitro benzene ring substituents is 1. The number of nitro groups is 1. The molecule has 19 heavy (non-hydrogen) atoms. The van der Waals surface area contributed by atoms with Gasteiger partial charge in [0, 0.05) is 4.47 Å². The average Bonchev–Trinajstić information content (AvgIpc) is 2.33. The highest BCUT2D eigenvalue weighted by atomic mass is 79.9. The maximum absolute atomic E-state index is 13.5. The van der Waals surface area contributed by atoms with E-state index in [1.54, 1.807) is 0 Å². The van der Waals surface area contributed by atoms with Gasteiger partial charge in [-0.2, -0.15) is 4.39 Å². The molecular formula is C13H10BrFN2O2. The summed E-state index contributed by atoms with van der Waals surface area (Å²) >= 11 is 3.34. The molecule has 0 fully saturated rings. The van der Waals surface area contributed by atoms with Crippen LogP contribution in [-0.4, -0.2) is 4.92 Å². The van der Waals surface area contributed by atoms with Gasteiger partial charge in [0.2, 0.25) is 5.82 Å². The Kier molecular flexibility index (Phi) is 3.80. The number of hydrogen-bond donors (Lipinski definition) is 1. The van der Waals surface area contributed by atoms with Crippen molar-refractivity contribution in [3.05, 3.63) is 62.4 Å². The van der Waals surface area contributed by atoms with Crippen LogP contribution >= 0.6 is 15.9 Å². The van der Waals surface area contributed by atoms with E-state index < -0.39 is 16.4 Å². The first-order chi connectivity index (χ1) is 8.99. The lowest BCUT2D eigenvalue weighted by molar-refractivity contribution is -0.386. The van der Waals surface area contributed by atoms with Gasteiger partial charge in [-0.25, -0.2) is 0 Å². The number of nitrogens with one attached hydrogen (secondary N) is 1. The van der Waals surface area contributed by atoms with E-state index in [0.29, 0.717) is 5.69 Å². The Morgan fingerprint density at radius 2 is 2.00 bits per heavy atom. The average molecular weight is 325 g/mol. The minimum Gasteiger partial charge on any atom is -0.349 e. The third kappa shape index (κ3) is 2.90. The summed E-state index contributed by atoms with van der Waals surface area (Å²) in [6.45, 7) is 1.90. The van der Waals surface area contributed by atoms with E-state index in [1.807, 2.05) is 25.1 Å². The van der Waals surface area contributed by atoms with Crippen LogP contribution in [0, 0.1) is 22.9 Å². The zero-order chi connectivity index (χ0) is 14.0. The van der Waals surface area contributed by atoms with Crippen molar-refractivity contribution >= 4 is 33.0 Å². The zero-order valence-electron chi connectivity index (χ0n) is 9.98. The monoisotopic (exact) mass is 324 g/mol. The van der Waals surface area contributed by atoms with E-state index in [0.717, 1.165) is 16.1 Å². The van der Waals surface area contributed by atoms with Crippen molar-refractivity contribution in [2.45, 2.75) is 6.92 Å². The maximum Gasteiger partial charge on any atom is 0.327 e. The van der Waals surface area contributed by atoms with Gasteiger partial charge in [-0.05, 0) is 52.7 Å². The number of hydrogen-bond acceptors (Lipinski definition) is 3. The first-order valence-corrected chi connectivity index (χ1v) is 6.24. The van der Waals surface area contributed by atoms with Gasteiger partial charge in [0.1, 0.15) is 5.69 Å². The van der Waals surface area contributed by atoms with Crippen LogP contribution in [0.3, 0.4) is 0 Å². The molecule has 0 aliphatic rings. The Balaban J connectivity index is 2.46. The van der Waals surface area contributed by atoms with E-state index in [9.17, 15) is 14.5 Å². The summed E-state index contributed by atoms with van der Waals surface area (Å²) in [4.78, 5) is 10.2. The lowest BCUT2D eigenvalue weighted by atomic mass is 10.2. The summed E-state index contributed by atoms with van der Waals surface area (Å²) in [7, 11) is 0. The standard InChI is InChI=1S/C13H10BrFN2O2/c1-8-5-6-9(14)12(7-8)16-11-4-2-3-10(15)13(11)17(18)19/h2-7,16H,1H3. The molecule has 0 amide bonds. The zero-order valence-corrected chi connectivity index (χ0v) is 11.6. The normalized spacial score (nSPS) is 10.3. The van der Waals surface area contributed by atoms with Crippen molar-refractivity contribution in [2.75, 3.05) is 5.32 Å². The van der Waals surface area contributed by atoms with Crippen molar-refractivity contribution in [1.82, 2.24) is 0 Å². The van der Waals surface area contributed by atoms with Gasteiger partial charge in [-0.15, -0.1) is 0 Å². The molecule has 0 aliphatic carbocycles. The smallest absolute Gasteiger partial charge is 0.327 e. The molecule has 0 radical (unpaired) electrons. The Hall–Kier alpha value is -1.95. The number of aryl methyl sites for hydroxylation is 1. The van der Waals surface area contributed by atoms with Crippen molar-refractivity contribution < 1.29 is 9.31 Å². The molecule has 0 saturated carbocycles. The second-order valence-electron chi connectivity index (χ2n) is 4.00. The van der Waals surface area contributed by atoms with Crippen LogP contribution in [0.15, 0.2) is 40.9 Å². The number of anilines is 2. The fraction of sp³-hybridized carbons (Fsp3) is 0.0769. The first-order valence-electron chi connectivity index (χ1n) is 5.45. The fourth-order valence-electron chi connectivity index (χ4n) is 1.68. The lowest BCUT2D eigenvalue weighted by Crippen LogP contribution is -2.00. The summed E-state index contributed by atoms with van der Waals surface area (Å²) < 4.78 is 14.2. The van der Waals surface area contributed by atoms with Gasteiger partial charge >= 0.3 is 5.69 Å². The molecular weight excluding hydrogens is 315 g/mol. The SMILES string of the molecule is Cc1ccc(Br)c(Nc2cccc(F)c2[N+](=O)[O-])c1.